The van der Waals surface area contributed by atoms with Crippen LogP contribution in [0.4, 0.5) is 34.1 Å². The van der Waals surface area contributed by atoms with E-state index in [0.29, 0.717) is 59.5 Å². The number of nitrogens with two attached hydrogens (primary N) is 1. The van der Waals surface area contributed by atoms with E-state index in [1.165, 1.54) is 15.8 Å². The second-order valence-electron chi connectivity index (χ2n) is 18.2. The molecule has 3 aliphatic rings. The molecular formula is C55H63BBrClMnN7O17S7. The molecule has 0 aliphatic carbocycles. The number of nitrogen functional groups attached to an aromatic ring is 1. The summed E-state index contributed by atoms with van der Waals surface area (Å²) in [6.45, 7) is 0.190. The van der Waals surface area contributed by atoms with Crippen LogP contribution in [-0.4, -0.2) is 105 Å². The number of nitrogens with one attached hydrogen (secondary N) is 4. The first kappa shape index (κ1) is 79.6. The first-order valence-corrected chi connectivity index (χ1v) is 38.8. The van der Waals surface area contributed by atoms with E-state index in [4.69, 9.17) is 23.6 Å². The molecule has 0 amide bonds. The Morgan fingerprint density at radius 1 is 0.667 bits per heavy atom. The number of thiol groups is 1. The Morgan fingerprint density at radius 3 is 1.64 bits per heavy atom. The Hall–Kier alpha value is -6.53. The topological polar surface area (TPSA) is 386 Å². The predicted octanol–water partition coefficient (Wildman–Crippen LogP) is 8.05. The van der Waals surface area contributed by atoms with Gasteiger partial charge in [0, 0.05) is 37.5 Å². The molecule has 0 saturated carbocycles. The Bertz CT molecular complexity index is 4270. The molecule has 35 heteroatoms. The summed E-state index contributed by atoms with van der Waals surface area (Å²) in [7, 11) is -10.4. The predicted molar refractivity (Wildman–Crippen MR) is 357 cm³/mol. The van der Waals surface area contributed by atoms with E-state index >= 15 is 0 Å². The van der Waals surface area contributed by atoms with Gasteiger partial charge in [-0.05, 0) is 95.8 Å². The van der Waals surface area contributed by atoms with Crippen molar-refractivity contribution in [3.63, 3.8) is 0 Å². The molecule has 3 aliphatic heterocycles. The van der Waals surface area contributed by atoms with Crippen LogP contribution in [0.2, 0.25) is 0 Å². The van der Waals surface area contributed by atoms with Gasteiger partial charge >= 0.3 is 47.2 Å². The van der Waals surface area contributed by atoms with Gasteiger partial charge in [-0.1, -0.05) is 131 Å². The summed E-state index contributed by atoms with van der Waals surface area (Å²) in [6, 6.07) is 50.5. The molecule has 7 aromatic rings. The maximum atomic E-state index is 12.2. The summed E-state index contributed by atoms with van der Waals surface area (Å²) in [4.78, 5) is 10.5. The number of para-hydroxylation sites is 5. The average molecular weight is 1500 g/mol. The molecule has 24 nitrogen and oxygen atoms in total. The van der Waals surface area contributed by atoms with Crippen molar-refractivity contribution in [2.75, 3.05) is 59.2 Å². The molecule has 0 bridgehead atoms. The quantitative estimate of drug-likeness (QED) is 0.0223. The molecule has 0 aromatic heterocycles. The first-order chi connectivity index (χ1) is 42.1. The summed E-state index contributed by atoms with van der Waals surface area (Å²) in [5.41, 5.74) is 14.7. The number of carbonyl (C=O) groups excluding carboxylic acids is 1. The van der Waals surface area contributed by atoms with E-state index in [9.17, 15) is 55.3 Å². The van der Waals surface area contributed by atoms with E-state index in [1.54, 1.807) is 72.8 Å². The number of halogens is 2. The Morgan fingerprint density at radius 2 is 1.11 bits per heavy atom. The number of hydrogen-bond donors (Lipinski definition) is 8. The fourth-order valence-corrected chi connectivity index (χ4v) is 12.4. The molecule has 0 atom stereocenters. The van der Waals surface area contributed by atoms with Crippen molar-refractivity contribution in [1.29, 1.82) is 0 Å². The van der Waals surface area contributed by atoms with Gasteiger partial charge in [-0.15, -0.1) is 0 Å². The molecule has 90 heavy (non-hydrogen) atoms. The number of aliphatic hydroxyl groups is 2. The number of sulfonamides is 5. The third kappa shape index (κ3) is 32.5. The van der Waals surface area contributed by atoms with Gasteiger partial charge < -0.3 is 15.9 Å². The molecular weight excluding hydrogens is 1440 g/mol. The van der Waals surface area contributed by atoms with Gasteiger partial charge in [-0.25, -0.2) is 50.5 Å². The van der Waals surface area contributed by atoms with Crippen LogP contribution in [0.5, 0.6) is 0 Å². The fraction of sp³-hybridized carbons (Fsp3) is 0.182. The number of fused-ring (bicyclic) bond motifs is 3. The molecule has 0 unspecified atom stereocenters. The second kappa shape index (κ2) is 39.0. The third-order valence-electron chi connectivity index (χ3n) is 11.1. The van der Waals surface area contributed by atoms with Crippen LogP contribution in [0.3, 0.4) is 0 Å². The number of carbonyl (C=O) groups is 1. The molecule has 8 N–H and O–H groups in total. The van der Waals surface area contributed by atoms with Crippen LogP contribution < -0.4 is 28.9 Å². The van der Waals surface area contributed by atoms with Gasteiger partial charge in [-0.3, -0.25) is 28.0 Å². The van der Waals surface area contributed by atoms with Crippen LogP contribution >= 0.6 is 39.4 Å². The van der Waals surface area contributed by atoms with Crippen molar-refractivity contribution in [2.45, 2.75) is 32.6 Å². The minimum atomic E-state index is -3.38. The number of nitrogens with zero attached hydrogens (tertiary/aromatic N) is 2. The van der Waals surface area contributed by atoms with Gasteiger partial charge in [0.2, 0.25) is 49.1 Å². The van der Waals surface area contributed by atoms with Gasteiger partial charge in [0.25, 0.3) is 10.0 Å². The number of hydrogen-bond acceptors (Lipinski definition) is 20. The van der Waals surface area contributed by atoms with Crippen molar-refractivity contribution < 1.29 is 88.0 Å². The molecule has 10 rings (SSSR count). The molecule has 0 spiro atoms. The average Bonchev–Trinajstić information content (AvgIpc) is 1.84. The zero-order valence-corrected chi connectivity index (χ0v) is 57.3. The van der Waals surface area contributed by atoms with E-state index < -0.39 is 74.0 Å². The molecule has 7 aromatic carbocycles. The van der Waals surface area contributed by atoms with Gasteiger partial charge in [0.1, 0.15) is 0 Å². The van der Waals surface area contributed by atoms with Crippen LogP contribution in [0.25, 0.3) is 6.08 Å². The summed E-state index contributed by atoms with van der Waals surface area (Å²) in [6.07, 6.45) is 6.49. The standard InChI is InChI=1S/C15H13NO2S.C8H8BrNO2S.C8H11NO3S.C8H9NO3S.C8H9NO2S.C7H9NO.CH3ClO2S.BHNS.Mn.2O/c17-19(18)11-10-14-8-4-5-9-15(14)16(19)12-13-6-2-1-3-7-13;9-7-1-2-8-6(5-7)3-4-13(11,12)10-8;2*1-13(11,12)9-8-5-3-2-4-7(8)6-10;10-12(11)6-5-7-3-1-2-4-8(7)9-12;8-7-4-2-1-3-6(7)5-9;1-5(2,3)4;1-2-3;;;/h1-11H,12H2;1-2,5,10H,3-4H2;2-5,9-10H,6H2,1H3;2-6,9H,1H3;1-4,9H,5-6H2;1-4,9H,5,8H2;1H3;3H;;;. The minimum absolute atomic E-state index is 0.0205. The number of benzene rings is 7. The number of aldehydes is 1. The van der Waals surface area contributed by atoms with Gasteiger partial charge in [0.05, 0.1) is 83.9 Å². The zero-order chi connectivity index (χ0) is 67.8. The van der Waals surface area contributed by atoms with E-state index in [-0.39, 0.29) is 24.7 Å². The van der Waals surface area contributed by atoms with Gasteiger partial charge in [-0.2, -0.15) is 0 Å². The first-order valence-electron chi connectivity index (χ1n) is 25.3. The SMILES string of the molecule is CS(=O)(=O)Cl.CS(=O)(=O)Nc1ccccc1C=O.CS(=O)(=O)Nc1ccccc1CO.Nc1ccccc1CO.O=S1(=O)C=Cc2ccccc2N1Cc1ccccc1.O=S1(=O)CCc2cc(Br)ccc2N1.O=S1(=O)CCc2ccccc2N1.[B]=NS.[O]=[Mn]=[O]. The molecule has 0 fully saturated rings. The summed E-state index contributed by atoms with van der Waals surface area (Å²) in [5, 5.41) is 18.8. The second-order valence-corrected chi connectivity index (χ2v) is 31.5. The van der Waals surface area contributed by atoms with Crippen LogP contribution in [-0.2, 0) is 114 Å². The van der Waals surface area contributed by atoms with Crippen molar-refractivity contribution in [1.82, 2.24) is 0 Å². The van der Waals surface area contributed by atoms with Crippen molar-refractivity contribution in [2.24, 2.45) is 4.30 Å². The summed E-state index contributed by atoms with van der Waals surface area (Å²) >= 11 is 5.10. The molecule has 0 saturated heterocycles. The van der Waals surface area contributed by atoms with Crippen molar-refractivity contribution >= 4 is 153 Å². The Balaban J connectivity index is 0.000000360. The van der Waals surface area contributed by atoms with Crippen molar-refractivity contribution in [3.05, 3.63) is 219 Å². The summed E-state index contributed by atoms with van der Waals surface area (Å²) in [5.74, 6) is 0.375. The van der Waals surface area contributed by atoms with Gasteiger partial charge in [0.15, 0.2) is 6.29 Å². The number of aliphatic hydroxyl groups excluding tert-OH is 2. The number of rotatable bonds is 9. The molecule has 486 valence electrons. The van der Waals surface area contributed by atoms with Crippen LogP contribution in [0.15, 0.2) is 184 Å². The normalized spacial score (nSPS) is 13.7. The van der Waals surface area contributed by atoms with E-state index in [0.717, 1.165) is 62.4 Å². The maximum absolute atomic E-state index is 12.2. The zero-order valence-electron chi connectivity index (χ0n) is 47.9. The number of anilines is 6. The van der Waals surface area contributed by atoms with Crippen LogP contribution in [0, 0.1) is 0 Å². The Labute approximate surface area is 550 Å². The van der Waals surface area contributed by atoms with Crippen LogP contribution in [0.1, 0.15) is 43.7 Å². The fourth-order valence-electron chi connectivity index (χ4n) is 7.31. The van der Waals surface area contributed by atoms with E-state index in [1.807, 2.05) is 97.1 Å². The van der Waals surface area contributed by atoms with Crippen molar-refractivity contribution in [3.8, 4) is 0 Å². The van der Waals surface area contributed by atoms with E-state index in [2.05, 4.69) is 70.3 Å². The number of aryl methyl sites for hydroxylation is 2. The Kier molecular flexibility index (Phi) is 34.5. The summed E-state index contributed by atoms with van der Waals surface area (Å²) < 4.78 is 163. The monoisotopic (exact) mass is 1500 g/mol. The molecule has 3 heterocycles. The molecule has 1 radical (unpaired) electrons. The third-order valence-corrected chi connectivity index (χ3v) is 16.7.